The molecule has 0 atom stereocenters. The van der Waals surface area contributed by atoms with Crippen molar-refractivity contribution in [3.8, 4) is 11.5 Å². The topological polar surface area (TPSA) is 51.2 Å². The number of nitrogens with zero attached hydrogens (tertiary/aromatic N) is 1. The highest BCUT2D eigenvalue weighted by molar-refractivity contribution is 5.91. The molecule has 28 heavy (non-hydrogen) atoms. The number of ether oxygens (including phenoxy) is 1. The standard InChI is InChI=1S/C22H18F2N2O2/c23-20-8-2-5-17(22(20)24)9-10-21(27)26-13-11-16-4-1-6-18(14-16)28-19-7-3-12-25-15-19/h1-10,12,14-15H,11,13H2,(H,26,27). The summed E-state index contributed by atoms with van der Waals surface area (Å²) in [4.78, 5) is 15.9. The van der Waals surface area contributed by atoms with Crippen LogP contribution in [0.25, 0.3) is 6.08 Å². The molecule has 0 saturated carbocycles. The second-order valence-corrected chi connectivity index (χ2v) is 5.96. The van der Waals surface area contributed by atoms with E-state index in [1.807, 2.05) is 30.3 Å². The van der Waals surface area contributed by atoms with E-state index >= 15 is 0 Å². The summed E-state index contributed by atoms with van der Waals surface area (Å²) in [6.07, 6.45) is 6.32. The Morgan fingerprint density at radius 2 is 1.89 bits per heavy atom. The molecule has 2 aromatic carbocycles. The maximum atomic E-state index is 13.5. The van der Waals surface area contributed by atoms with Crippen LogP contribution in [0.1, 0.15) is 11.1 Å². The Kier molecular flexibility index (Phi) is 6.46. The Hall–Kier alpha value is -3.54. The molecule has 1 aromatic heterocycles. The Bertz CT molecular complexity index is 975. The van der Waals surface area contributed by atoms with Crippen molar-refractivity contribution >= 4 is 12.0 Å². The van der Waals surface area contributed by atoms with Gasteiger partial charge >= 0.3 is 0 Å². The first-order valence-electron chi connectivity index (χ1n) is 8.68. The van der Waals surface area contributed by atoms with E-state index in [4.69, 9.17) is 4.74 Å². The number of rotatable bonds is 7. The Morgan fingerprint density at radius 3 is 2.71 bits per heavy atom. The summed E-state index contributed by atoms with van der Waals surface area (Å²) in [5, 5.41) is 2.71. The van der Waals surface area contributed by atoms with Crippen molar-refractivity contribution in [3.05, 3.63) is 95.8 Å². The highest BCUT2D eigenvalue weighted by Gasteiger charge is 2.05. The number of aromatic nitrogens is 1. The van der Waals surface area contributed by atoms with E-state index in [1.165, 1.54) is 24.3 Å². The van der Waals surface area contributed by atoms with Gasteiger partial charge in [0.1, 0.15) is 11.5 Å². The maximum absolute atomic E-state index is 13.5. The summed E-state index contributed by atoms with van der Waals surface area (Å²) in [6, 6.07) is 14.9. The SMILES string of the molecule is O=C(C=Cc1cccc(F)c1F)NCCc1cccc(Oc2cccnc2)c1. The van der Waals surface area contributed by atoms with E-state index < -0.39 is 11.6 Å². The van der Waals surface area contributed by atoms with Crippen LogP contribution in [0, 0.1) is 11.6 Å². The molecular weight excluding hydrogens is 362 g/mol. The minimum atomic E-state index is -0.975. The summed E-state index contributed by atoms with van der Waals surface area (Å²) in [5.74, 6) is -0.986. The number of amides is 1. The molecule has 142 valence electrons. The molecule has 0 saturated heterocycles. The van der Waals surface area contributed by atoms with Crippen LogP contribution in [-0.2, 0) is 11.2 Å². The number of pyridine rings is 1. The van der Waals surface area contributed by atoms with Crippen molar-refractivity contribution < 1.29 is 18.3 Å². The molecule has 0 fully saturated rings. The van der Waals surface area contributed by atoms with Crippen LogP contribution < -0.4 is 10.1 Å². The molecule has 0 aliphatic rings. The number of nitrogens with one attached hydrogen (secondary N) is 1. The van der Waals surface area contributed by atoms with E-state index in [0.717, 1.165) is 11.6 Å². The van der Waals surface area contributed by atoms with Gasteiger partial charge in [-0.2, -0.15) is 0 Å². The van der Waals surface area contributed by atoms with E-state index in [2.05, 4.69) is 10.3 Å². The minimum Gasteiger partial charge on any atom is -0.456 e. The first kappa shape index (κ1) is 19.2. The first-order chi connectivity index (χ1) is 13.6. The zero-order chi connectivity index (χ0) is 19.8. The van der Waals surface area contributed by atoms with Crippen LogP contribution in [-0.4, -0.2) is 17.4 Å². The van der Waals surface area contributed by atoms with E-state index in [1.54, 1.807) is 18.5 Å². The Labute approximate surface area is 161 Å². The third-order valence-electron chi connectivity index (χ3n) is 3.88. The Balaban J connectivity index is 1.50. The molecule has 0 aliphatic carbocycles. The van der Waals surface area contributed by atoms with Gasteiger partial charge in [0.15, 0.2) is 11.6 Å². The summed E-state index contributed by atoms with van der Waals surface area (Å²) in [6.45, 7) is 0.394. The van der Waals surface area contributed by atoms with Gasteiger partial charge in [0, 0.05) is 24.4 Å². The molecular formula is C22H18F2N2O2. The van der Waals surface area contributed by atoms with Gasteiger partial charge in [-0.3, -0.25) is 9.78 Å². The van der Waals surface area contributed by atoms with Gasteiger partial charge < -0.3 is 10.1 Å². The minimum absolute atomic E-state index is 0.0235. The lowest BCUT2D eigenvalue weighted by atomic mass is 10.1. The average molecular weight is 380 g/mol. The van der Waals surface area contributed by atoms with Gasteiger partial charge in [-0.25, -0.2) is 8.78 Å². The fraction of sp³-hybridized carbons (Fsp3) is 0.0909. The van der Waals surface area contributed by atoms with Crippen LogP contribution in [0.15, 0.2) is 73.1 Å². The summed E-state index contributed by atoms with van der Waals surface area (Å²) < 4.78 is 32.4. The maximum Gasteiger partial charge on any atom is 0.244 e. The van der Waals surface area contributed by atoms with Crippen LogP contribution in [0.2, 0.25) is 0 Å². The lowest BCUT2D eigenvalue weighted by Gasteiger charge is -2.07. The van der Waals surface area contributed by atoms with E-state index in [0.29, 0.717) is 24.5 Å². The van der Waals surface area contributed by atoms with Crippen LogP contribution in [0.4, 0.5) is 8.78 Å². The molecule has 0 aliphatic heterocycles. The molecule has 0 radical (unpaired) electrons. The molecule has 3 aromatic rings. The normalized spacial score (nSPS) is 10.8. The van der Waals surface area contributed by atoms with Crippen molar-refractivity contribution in [1.29, 1.82) is 0 Å². The highest BCUT2D eigenvalue weighted by atomic mass is 19.2. The number of benzene rings is 2. The van der Waals surface area contributed by atoms with Gasteiger partial charge in [0.05, 0.1) is 6.20 Å². The Morgan fingerprint density at radius 1 is 1.07 bits per heavy atom. The van der Waals surface area contributed by atoms with Crippen LogP contribution in [0.3, 0.4) is 0 Å². The number of carbonyl (C=O) groups excluding carboxylic acids is 1. The van der Waals surface area contributed by atoms with Gasteiger partial charge in [-0.1, -0.05) is 24.3 Å². The zero-order valence-corrected chi connectivity index (χ0v) is 14.9. The largest absolute Gasteiger partial charge is 0.456 e. The van der Waals surface area contributed by atoms with Crippen molar-refractivity contribution in [1.82, 2.24) is 10.3 Å². The molecule has 4 nitrogen and oxygen atoms in total. The molecule has 0 bridgehead atoms. The second kappa shape index (κ2) is 9.41. The molecule has 0 spiro atoms. The predicted molar refractivity (Wildman–Crippen MR) is 103 cm³/mol. The second-order valence-electron chi connectivity index (χ2n) is 5.96. The molecule has 6 heteroatoms. The quantitative estimate of drug-likeness (QED) is 0.613. The van der Waals surface area contributed by atoms with Gasteiger partial charge in [-0.05, 0) is 48.4 Å². The number of hydrogen-bond donors (Lipinski definition) is 1. The van der Waals surface area contributed by atoms with Crippen molar-refractivity contribution in [2.24, 2.45) is 0 Å². The third kappa shape index (κ3) is 5.48. The molecule has 1 heterocycles. The number of hydrogen-bond acceptors (Lipinski definition) is 3. The monoisotopic (exact) mass is 380 g/mol. The van der Waals surface area contributed by atoms with Gasteiger partial charge in [0.25, 0.3) is 0 Å². The van der Waals surface area contributed by atoms with Crippen LogP contribution in [0.5, 0.6) is 11.5 Å². The molecule has 1 amide bonds. The lowest BCUT2D eigenvalue weighted by molar-refractivity contribution is -0.116. The molecule has 0 unspecified atom stereocenters. The van der Waals surface area contributed by atoms with Gasteiger partial charge in [0.2, 0.25) is 5.91 Å². The van der Waals surface area contributed by atoms with E-state index in [-0.39, 0.29) is 11.5 Å². The van der Waals surface area contributed by atoms with E-state index in [9.17, 15) is 13.6 Å². The highest BCUT2D eigenvalue weighted by Crippen LogP contribution is 2.21. The first-order valence-corrected chi connectivity index (χ1v) is 8.68. The number of carbonyl (C=O) groups is 1. The van der Waals surface area contributed by atoms with Crippen molar-refractivity contribution in [2.75, 3.05) is 6.54 Å². The average Bonchev–Trinajstić information content (AvgIpc) is 2.70. The fourth-order valence-corrected chi connectivity index (χ4v) is 2.51. The van der Waals surface area contributed by atoms with Crippen LogP contribution >= 0.6 is 0 Å². The molecule has 3 rings (SSSR count). The fourth-order valence-electron chi connectivity index (χ4n) is 2.51. The predicted octanol–water partition coefficient (Wildman–Crippen LogP) is 4.52. The summed E-state index contributed by atoms with van der Waals surface area (Å²) >= 11 is 0. The zero-order valence-electron chi connectivity index (χ0n) is 14.9. The lowest BCUT2D eigenvalue weighted by Crippen LogP contribution is -2.23. The smallest absolute Gasteiger partial charge is 0.244 e. The van der Waals surface area contributed by atoms with Crippen molar-refractivity contribution in [3.63, 3.8) is 0 Å². The van der Waals surface area contributed by atoms with Crippen molar-refractivity contribution in [2.45, 2.75) is 6.42 Å². The summed E-state index contributed by atoms with van der Waals surface area (Å²) in [5.41, 5.74) is 1.01. The number of halogens is 2. The van der Waals surface area contributed by atoms with Gasteiger partial charge in [-0.15, -0.1) is 0 Å². The third-order valence-corrected chi connectivity index (χ3v) is 3.88. The molecule has 1 N–H and O–H groups in total. The summed E-state index contributed by atoms with van der Waals surface area (Å²) in [7, 11) is 0.